The Kier molecular flexibility index (Phi) is 3.42. The van der Waals surface area contributed by atoms with Gasteiger partial charge in [0.2, 0.25) is 0 Å². The summed E-state index contributed by atoms with van der Waals surface area (Å²) < 4.78 is 0. The lowest BCUT2D eigenvalue weighted by Crippen LogP contribution is -2.33. The number of piperidine rings is 1. The van der Waals surface area contributed by atoms with Gasteiger partial charge in [0, 0.05) is 41.3 Å². The molecule has 1 aromatic carbocycles. The molecule has 0 aliphatic carbocycles. The molecule has 0 radical (unpaired) electrons. The molecule has 1 saturated heterocycles. The molecule has 1 fully saturated rings. The van der Waals surface area contributed by atoms with Gasteiger partial charge in [-0.1, -0.05) is 11.6 Å². The molecule has 1 aliphatic heterocycles. The molecule has 1 aliphatic rings. The van der Waals surface area contributed by atoms with Crippen LogP contribution in [0.25, 0.3) is 10.9 Å². The third-order valence-electron chi connectivity index (χ3n) is 4.33. The van der Waals surface area contributed by atoms with Crippen molar-refractivity contribution < 1.29 is 0 Å². The number of hydrogen-bond acceptors (Lipinski definition) is 4. The van der Waals surface area contributed by atoms with Crippen molar-refractivity contribution in [3.63, 3.8) is 0 Å². The lowest BCUT2D eigenvalue weighted by atomic mass is 9.93. The maximum Gasteiger partial charge on any atom is 0.139 e. The van der Waals surface area contributed by atoms with E-state index < -0.39 is 0 Å². The van der Waals surface area contributed by atoms with Crippen molar-refractivity contribution in [2.45, 2.75) is 18.8 Å². The van der Waals surface area contributed by atoms with E-state index in [0.717, 1.165) is 42.7 Å². The minimum absolute atomic E-state index is 0.557. The van der Waals surface area contributed by atoms with Gasteiger partial charge >= 0.3 is 0 Å². The molecule has 22 heavy (non-hydrogen) atoms. The maximum atomic E-state index is 6.05. The Labute approximate surface area is 133 Å². The van der Waals surface area contributed by atoms with Crippen LogP contribution in [-0.2, 0) is 0 Å². The van der Waals surface area contributed by atoms with Crippen molar-refractivity contribution in [3.8, 4) is 0 Å². The molecule has 0 saturated carbocycles. The lowest BCUT2D eigenvalue weighted by Gasteiger charge is -2.32. The van der Waals surface area contributed by atoms with Gasteiger partial charge in [0.05, 0.1) is 5.52 Å². The van der Waals surface area contributed by atoms with Crippen molar-refractivity contribution in [2.24, 2.45) is 0 Å². The zero-order valence-corrected chi connectivity index (χ0v) is 12.8. The highest BCUT2D eigenvalue weighted by molar-refractivity contribution is 6.31. The first-order chi connectivity index (χ1) is 10.8. The first-order valence-electron chi connectivity index (χ1n) is 7.46. The average Bonchev–Trinajstić information content (AvgIpc) is 3.09. The van der Waals surface area contributed by atoms with E-state index in [1.54, 1.807) is 6.33 Å². The highest BCUT2D eigenvalue weighted by atomic mass is 35.5. The zero-order valence-electron chi connectivity index (χ0n) is 12.0. The van der Waals surface area contributed by atoms with Crippen LogP contribution in [0.2, 0.25) is 5.02 Å². The van der Waals surface area contributed by atoms with E-state index in [1.807, 2.05) is 24.4 Å². The number of H-pyrrole nitrogens is 1. The largest absolute Gasteiger partial charge is 0.356 e. The summed E-state index contributed by atoms with van der Waals surface area (Å²) in [6.45, 7) is 1.97. The number of rotatable bonds is 2. The number of hydrogen-bond donors (Lipinski definition) is 1. The second kappa shape index (κ2) is 5.57. The van der Waals surface area contributed by atoms with Gasteiger partial charge in [-0.3, -0.25) is 5.10 Å². The van der Waals surface area contributed by atoms with Crippen LogP contribution >= 0.6 is 11.6 Å². The molecule has 0 spiro atoms. The predicted octanol–water partition coefficient (Wildman–Crippen LogP) is 3.39. The Morgan fingerprint density at radius 2 is 2.00 bits per heavy atom. The van der Waals surface area contributed by atoms with Gasteiger partial charge in [-0.15, -0.1) is 0 Å². The normalized spacial score (nSPS) is 16.3. The van der Waals surface area contributed by atoms with Crippen LogP contribution in [0.5, 0.6) is 0 Å². The van der Waals surface area contributed by atoms with Gasteiger partial charge in [0.1, 0.15) is 12.1 Å². The Morgan fingerprint density at radius 3 is 2.77 bits per heavy atom. The van der Waals surface area contributed by atoms with Gasteiger partial charge in [-0.25, -0.2) is 9.97 Å². The molecule has 2 aromatic heterocycles. The van der Waals surface area contributed by atoms with Crippen molar-refractivity contribution in [1.29, 1.82) is 0 Å². The number of halogens is 1. The molecule has 4 rings (SSSR count). The van der Waals surface area contributed by atoms with Gasteiger partial charge in [0.25, 0.3) is 0 Å². The SMILES string of the molecule is Clc1ccc2c(N3CCC(c4ccn[nH]4)CC3)ncnc2c1. The van der Waals surface area contributed by atoms with E-state index in [2.05, 4.69) is 31.1 Å². The molecular formula is C16H16ClN5. The van der Waals surface area contributed by atoms with Crippen LogP contribution in [0.4, 0.5) is 5.82 Å². The Balaban J connectivity index is 1.59. The summed E-state index contributed by atoms with van der Waals surface area (Å²) in [7, 11) is 0. The summed E-state index contributed by atoms with van der Waals surface area (Å²) in [4.78, 5) is 11.2. The minimum atomic E-state index is 0.557. The van der Waals surface area contributed by atoms with E-state index in [9.17, 15) is 0 Å². The number of fused-ring (bicyclic) bond motifs is 1. The molecule has 3 aromatic rings. The zero-order chi connectivity index (χ0) is 14.9. The minimum Gasteiger partial charge on any atom is -0.356 e. The van der Waals surface area contributed by atoms with Crippen LogP contribution < -0.4 is 4.90 Å². The van der Waals surface area contributed by atoms with Crippen LogP contribution in [-0.4, -0.2) is 33.3 Å². The molecule has 112 valence electrons. The van der Waals surface area contributed by atoms with Crippen molar-refractivity contribution in [3.05, 3.63) is 47.5 Å². The first-order valence-corrected chi connectivity index (χ1v) is 7.83. The number of aromatic nitrogens is 4. The second-order valence-electron chi connectivity index (χ2n) is 5.63. The third-order valence-corrected chi connectivity index (χ3v) is 4.57. The third kappa shape index (κ3) is 2.41. The number of nitrogens with one attached hydrogen (secondary N) is 1. The summed E-state index contributed by atoms with van der Waals surface area (Å²) in [6.07, 6.45) is 5.64. The molecule has 5 nitrogen and oxygen atoms in total. The van der Waals surface area contributed by atoms with Crippen LogP contribution in [0.1, 0.15) is 24.5 Å². The number of nitrogens with zero attached hydrogens (tertiary/aromatic N) is 4. The molecule has 0 unspecified atom stereocenters. The van der Waals surface area contributed by atoms with Crippen LogP contribution in [0.3, 0.4) is 0 Å². The number of aromatic amines is 1. The van der Waals surface area contributed by atoms with E-state index in [0.29, 0.717) is 10.9 Å². The molecule has 0 amide bonds. The quantitative estimate of drug-likeness (QED) is 0.788. The highest BCUT2D eigenvalue weighted by Crippen LogP contribution is 2.31. The van der Waals surface area contributed by atoms with E-state index in [4.69, 9.17) is 11.6 Å². The van der Waals surface area contributed by atoms with Gasteiger partial charge in [-0.05, 0) is 37.1 Å². The summed E-state index contributed by atoms with van der Waals surface area (Å²) in [5.74, 6) is 1.56. The summed E-state index contributed by atoms with van der Waals surface area (Å²) >= 11 is 6.05. The molecule has 1 N–H and O–H groups in total. The lowest BCUT2D eigenvalue weighted by molar-refractivity contribution is 0.494. The van der Waals surface area contributed by atoms with Crippen molar-refractivity contribution >= 4 is 28.3 Å². The molecule has 0 atom stereocenters. The monoisotopic (exact) mass is 313 g/mol. The summed E-state index contributed by atoms with van der Waals surface area (Å²) in [5, 5.41) is 8.91. The van der Waals surface area contributed by atoms with Gasteiger partial charge < -0.3 is 4.90 Å². The molecule has 0 bridgehead atoms. The summed E-state index contributed by atoms with van der Waals surface area (Å²) in [6, 6.07) is 7.86. The number of benzene rings is 1. The fourth-order valence-corrected chi connectivity index (χ4v) is 3.33. The Hall–Kier alpha value is -2.14. The highest BCUT2D eigenvalue weighted by Gasteiger charge is 2.23. The first kappa shape index (κ1) is 13.5. The van der Waals surface area contributed by atoms with E-state index >= 15 is 0 Å². The molecular weight excluding hydrogens is 298 g/mol. The summed E-state index contributed by atoms with van der Waals surface area (Å²) in [5.41, 5.74) is 2.13. The number of anilines is 1. The van der Waals surface area contributed by atoms with E-state index in [-0.39, 0.29) is 0 Å². The maximum absolute atomic E-state index is 6.05. The standard InChI is InChI=1S/C16H16ClN5/c17-12-1-2-13-15(9-12)18-10-19-16(13)22-7-4-11(5-8-22)14-3-6-20-21-14/h1-3,6,9-11H,4-5,7-8H2,(H,20,21). The fraction of sp³-hybridized carbons (Fsp3) is 0.312. The van der Waals surface area contributed by atoms with Crippen LogP contribution in [0, 0.1) is 0 Å². The van der Waals surface area contributed by atoms with E-state index in [1.165, 1.54) is 5.69 Å². The average molecular weight is 314 g/mol. The topological polar surface area (TPSA) is 57.7 Å². The van der Waals surface area contributed by atoms with Crippen LogP contribution in [0.15, 0.2) is 36.8 Å². The Morgan fingerprint density at radius 1 is 1.14 bits per heavy atom. The van der Waals surface area contributed by atoms with Crippen molar-refractivity contribution in [2.75, 3.05) is 18.0 Å². The fourth-order valence-electron chi connectivity index (χ4n) is 3.16. The second-order valence-corrected chi connectivity index (χ2v) is 6.07. The van der Waals surface area contributed by atoms with Gasteiger partial charge in [0.15, 0.2) is 0 Å². The van der Waals surface area contributed by atoms with Crippen molar-refractivity contribution in [1.82, 2.24) is 20.2 Å². The van der Waals surface area contributed by atoms with Gasteiger partial charge in [-0.2, -0.15) is 5.10 Å². The molecule has 6 heteroatoms. The predicted molar refractivity (Wildman–Crippen MR) is 87.3 cm³/mol. The smallest absolute Gasteiger partial charge is 0.139 e. The Bertz CT molecular complexity index is 778. The molecule has 3 heterocycles.